The number of para-hydroxylation sites is 1. The second-order valence-corrected chi connectivity index (χ2v) is 7.93. The zero-order valence-electron chi connectivity index (χ0n) is 16.0. The van der Waals surface area contributed by atoms with Gasteiger partial charge < -0.3 is 5.32 Å². The van der Waals surface area contributed by atoms with E-state index in [2.05, 4.69) is 12.2 Å². The van der Waals surface area contributed by atoms with E-state index < -0.39 is 5.82 Å². The lowest BCUT2D eigenvalue weighted by molar-refractivity contribution is -0.117. The first kappa shape index (κ1) is 20.4. The summed E-state index contributed by atoms with van der Waals surface area (Å²) in [4.78, 5) is 26.1. The Morgan fingerprint density at radius 1 is 1.18 bits per heavy atom. The molecule has 0 saturated carbocycles. The van der Waals surface area contributed by atoms with E-state index in [9.17, 15) is 14.0 Å². The molecule has 1 N–H and O–H groups in total. The molecule has 0 radical (unpaired) electrons. The van der Waals surface area contributed by atoms with Crippen LogP contribution in [0.5, 0.6) is 0 Å². The van der Waals surface area contributed by atoms with E-state index in [1.807, 2.05) is 24.3 Å². The van der Waals surface area contributed by atoms with Crippen molar-refractivity contribution < 1.29 is 14.0 Å². The number of carbonyl (C=O) groups excluding carboxylic acids is 2. The minimum atomic E-state index is -0.417. The Labute approximate surface area is 169 Å². The molecule has 1 saturated heterocycles. The standard InChI is InChI=1S/C22H25FN2O2S/c1-2-3-4-5-13-20(26)24-17-10-8-9-16(14-17)22-25(21(27)15-28-22)19-12-7-6-11-18(19)23/h6-12,14,22H,2-5,13,15H2,1H3,(H,24,26)/t22-/m0/s1. The van der Waals surface area contributed by atoms with Gasteiger partial charge in [-0.2, -0.15) is 0 Å². The highest BCUT2D eigenvalue weighted by molar-refractivity contribution is 8.00. The molecule has 148 valence electrons. The van der Waals surface area contributed by atoms with Crippen molar-refractivity contribution in [3.8, 4) is 0 Å². The molecule has 0 bridgehead atoms. The van der Waals surface area contributed by atoms with Gasteiger partial charge in [-0.3, -0.25) is 14.5 Å². The van der Waals surface area contributed by atoms with Crippen molar-refractivity contribution in [2.24, 2.45) is 0 Å². The largest absolute Gasteiger partial charge is 0.326 e. The number of thioether (sulfide) groups is 1. The van der Waals surface area contributed by atoms with Gasteiger partial charge in [-0.25, -0.2) is 4.39 Å². The zero-order chi connectivity index (χ0) is 19.9. The highest BCUT2D eigenvalue weighted by Gasteiger charge is 2.35. The summed E-state index contributed by atoms with van der Waals surface area (Å²) in [5, 5.41) is 2.62. The SMILES string of the molecule is CCCCCCC(=O)Nc1cccc([C@@H]2SCC(=O)N2c2ccccc2F)c1. The lowest BCUT2D eigenvalue weighted by atomic mass is 10.1. The van der Waals surface area contributed by atoms with E-state index in [1.165, 1.54) is 22.7 Å². The molecule has 2 aromatic carbocycles. The van der Waals surface area contributed by atoms with Crippen molar-refractivity contribution >= 4 is 35.0 Å². The average Bonchev–Trinajstić information content (AvgIpc) is 3.07. The van der Waals surface area contributed by atoms with E-state index >= 15 is 0 Å². The van der Waals surface area contributed by atoms with Crippen LogP contribution in [0.25, 0.3) is 0 Å². The molecule has 1 fully saturated rings. The van der Waals surface area contributed by atoms with Gasteiger partial charge in [0, 0.05) is 12.1 Å². The molecule has 1 aliphatic rings. The van der Waals surface area contributed by atoms with Crippen molar-refractivity contribution in [3.63, 3.8) is 0 Å². The maximum atomic E-state index is 14.3. The molecule has 2 amide bonds. The quantitative estimate of drug-likeness (QED) is 0.594. The fourth-order valence-corrected chi connectivity index (χ4v) is 4.44. The summed E-state index contributed by atoms with van der Waals surface area (Å²) < 4.78 is 14.3. The summed E-state index contributed by atoms with van der Waals surface area (Å²) in [6.45, 7) is 2.14. The maximum Gasteiger partial charge on any atom is 0.238 e. The Morgan fingerprint density at radius 3 is 2.79 bits per heavy atom. The van der Waals surface area contributed by atoms with E-state index in [0.717, 1.165) is 31.2 Å². The van der Waals surface area contributed by atoms with Gasteiger partial charge in [-0.05, 0) is 36.2 Å². The minimum Gasteiger partial charge on any atom is -0.326 e. The number of nitrogens with zero attached hydrogens (tertiary/aromatic N) is 1. The van der Waals surface area contributed by atoms with E-state index in [1.54, 1.807) is 18.2 Å². The van der Waals surface area contributed by atoms with Crippen LogP contribution in [-0.4, -0.2) is 17.6 Å². The number of halogens is 1. The molecule has 6 heteroatoms. The summed E-state index contributed by atoms with van der Waals surface area (Å²) in [6, 6.07) is 13.8. The highest BCUT2D eigenvalue weighted by Crippen LogP contribution is 2.42. The van der Waals surface area contributed by atoms with Crippen LogP contribution in [0, 0.1) is 5.82 Å². The Kier molecular flexibility index (Phi) is 7.09. The van der Waals surface area contributed by atoms with Crippen LogP contribution in [0.3, 0.4) is 0 Å². The molecule has 4 nitrogen and oxygen atoms in total. The van der Waals surface area contributed by atoms with Gasteiger partial charge in [0.1, 0.15) is 11.2 Å². The van der Waals surface area contributed by atoms with Gasteiger partial charge >= 0.3 is 0 Å². The third-order valence-corrected chi connectivity index (χ3v) is 5.91. The summed E-state index contributed by atoms with van der Waals surface area (Å²) >= 11 is 1.46. The van der Waals surface area contributed by atoms with E-state index in [4.69, 9.17) is 0 Å². The molecule has 1 aliphatic heterocycles. The minimum absolute atomic E-state index is 0.00522. The topological polar surface area (TPSA) is 49.4 Å². The van der Waals surface area contributed by atoms with Crippen molar-refractivity contribution in [2.45, 2.75) is 44.4 Å². The fraction of sp³-hybridized carbons (Fsp3) is 0.364. The van der Waals surface area contributed by atoms with Gasteiger partial charge in [0.05, 0.1) is 11.4 Å². The first-order chi connectivity index (χ1) is 13.6. The molecule has 1 heterocycles. The molecule has 1 atom stereocenters. The molecule has 28 heavy (non-hydrogen) atoms. The Morgan fingerprint density at radius 2 is 2.00 bits per heavy atom. The lowest BCUT2D eigenvalue weighted by Gasteiger charge is -2.25. The van der Waals surface area contributed by atoms with E-state index in [-0.39, 0.29) is 22.9 Å². The van der Waals surface area contributed by atoms with Crippen LogP contribution in [-0.2, 0) is 9.59 Å². The number of hydrogen-bond donors (Lipinski definition) is 1. The maximum absolute atomic E-state index is 14.3. The summed E-state index contributed by atoms with van der Waals surface area (Å²) in [6.07, 6.45) is 4.72. The van der Waals surface area contributed by atoms with Crippen LogP contribution >= 0.6 is 11.8 Å². The van der Waals surface area contributed by atoms with Gasteiger partial charge in [-0.15, -0.1) is 11.8 Å². The van der Waals surface area contributed by atoms with Crippen molar-refractivity contribution in [1.29, 1.82) is 0 Å². The number of rotatable bonds is 8. The molecule has 2 aromatic rings. The summed E-state index contributed by atoms with van der Waals surface area (Å²) in [5.41, 5.74) is 1.85. The zero-order valence-corrected chi connectivity index (χ0v) is 16.8. The van der Waals surface area contributed by atoms with E-state index in [0.29, 0.717) is 17.9 Å². The first-order valence-corrected chi connectivity index (χ1v) is 10.7. The molecule has 0 unspecified atom stereocenters. The summed E-state index contributed by atoms with van der Waals surface area (Å²) in [7, 11) is 0. The van der Waals surface area contributed by atoms with Crippen LogP contribution in [0.4, 0.5) is 15.8 Å². The second-order valence-electron chi connectivity index (χ2n) is 6.86. The van der Waals surface area contributed by atoms with Crippen LogP contribution < -0.4 is 10.2 Å². The second kappa shape index (κ2) is 9.73. The molecule has 3 rings (SSSR count). The van der Waals surface area contributed by atoms with Crippen LogP contribution in [0.2, 0.25) is 0 Å². The third-order valence-electron chi connectivity index (χ3n) is 4.69. The lowest BCUT2D eigenvalue weighted by Crippen LogP contribution is -2.28. The number of amides is 2. The third kappa shape index (κ3) is 4.93. The molecular formula is C22H25FN2O2S. The predicted molar refractivity (Wildman–Crippen MR) is 113 cm³/mol. The molecule has 0 aliphatic carbocycles. The number of carbonyl (C=O) groups is 2. The monoisotopic (exact) mass is 400 g/mol. The Hall–Kier alpha value is -2.34. The summed E-state index contributed by atoms with van der Waals surface area (Å²) in [5.74, 6) is -0.243. The van der Waals surface area contributed by atoms with Crippen molar-refractivity contribution in [1.82, 2.24) is 0 Å². The van der Waals surface area contributed by atoms with Gasteiger partial charge in [-0.1, -0.05) is 50.5 Å². The average molecular weight is 401 g/mol. The predicted octanol–water partition coefficient (Wildman–Crippen LogP) is 5.51. The number of hydrogen-bond acceptors (Lipinski definition) is 3. The normalized spacial score (nSPS) is 16.4. The van der Waals surface area contributed by atoms with Crippen LogP contribution in [0.1, 0.15) is 50.0 Å². The Balaban J connectivity index is 1.73. The van der Waals surface area contributed by atoms with Gasteiger partial charge in [0.25, 0.3) is 0 Å². The van der Waals surface area contributed by atoms with Crippen molar-refractivity contribution in [3.05, 3.63) is 59.9 Å². The molecule has 0 aromatic heterocycles. The fourth-order valence-electron chi connectivity index (χ4n) is 3.28. The highest BCUT2D eigenvalue weighted by atomic mass is 32.2. The van der Waals surface area contributed by atoms with Crippen molar-refractivity contribution in [2.75, 3.05) is 16.0 Å². The molecule has 0 spiro atoms. The van der Waals surface area contributed by atoms with Gasteiger partial charge in [0.2, 0.25) is 11.8 Å². The number of nitrogens with one attached hydrogen (secondary N) is 1. The van der Waals surface area contributed by atoms with Crippen LogP contribution in [0.15, 0.2) is 48.5 Å². The number of unbranched alkanes of at least 4 members (excludes halogenated alkanes) is 3. The first-order valence-electron chi connectivity index (χ1n) is 9.68. The number of anilines is 2. The number of benzene rings is 2. The molecular weight excluding hydrogens is 375 g/mol. The van der Waals surface area contributed by atoms with Gasteiger partial charge in [0.15, 0.2) is 0 Å². The smallest absolute Gasteiger partial charge is 0.238 e. The Bertz CT molecular complexity index is 843.